The number of carbonyl (C=O) groups excluding carboxylic acids is 1. The van der Waals surface area contributed by atoms with Gasteiger partial charge in [-0.25, -0.2) is 4.79 Å². The van der Waals surface area contributed by atoms with Crippen molar-refractivity contribution in [3.05, 3.63) is 29.3 Å². The van der Waals surface area contributed by atoms with Gasteiger partial charge < -0.3 is 10.5 Å². The number of hydrogen-bond donors (Lipinski definition) is 1. The summed E-state index contributed by atoms with van der Waals surface area (Å²) in [5, 5.41) is 0. The molecule has 0 radical (unpaired) electrons. The Morgan fingerprint density at radius 3 is 3.00 bits per heavy atom. The number of rotatable bonds is 0. The summed E-state index contributed by atoms with van der Waals surface area (Å²) in [6.45, 7) is 2.63. The number of nitrogens with zero attached hydrogens (tertiary/aromatic N) is 1. The molecule has 0 aliphatic carbocycles. The average molecular weight is 220 g/mol. The third-order valence-electron chi connectivity index (χ3n) is 2.93. The van der Waals surface area contributed by atoms with Crippen LogP contribution in [-0.2, 0) is 4.74 Å². The average Bonchev–Trinajstić information content (AvgIpc) is 2.29. The van der Waals surface area contributed by atoms with Gasteiger partial charge in [0.25, 0.3) is 0 Å². The Balaban J connectivity index is 2.44. The van der Waals surface area contributed by atoms with Crippen LogP contribution >= 0.6 is 0 Å². The van der Waals surface area contributed by atoms with E-state index in [1.54, 1.807) is 4.90 Å². The van der Waals surface area contributed by atoms with Crippen molar-refractivity contribution in [1.82, 2.24) is 0 Å². The Labute approximate surface area is 95.0 Å². The van der Waals surface area contributed by atoms with E-state index in [2.05, 4.69) is 0 Å². The van der Waals surface area contributed by atoms with Crippen molar-refractivity contribution in [2.75, 3.05) is 18.6 Å². The molecular formula is C12H16N2O2. The van der Waals surface area contributed by atoms with Gasteiger partial charge in [0.2, 0.25) is 0 Å². The van der Waals surface area contributed by atoms with Crippen LogP contribution in [0.15, 0.2) is 18.2 Å². The molecule has 0 aromatic heterocycles. The minimum Gasteiger partial charge on any atom is -0.452 e. The maximum Gasteiger partial charge on any atom is 0.414 e. The number of amides is 1. The molecule has 1 aliphatic heterocycles. The molecular weight excluding hydrogens is 204 g/mol. The van der Waals surface area contributed by atoms with Crippen molar-refractivity contribution in [2.24, 2.45) is 5.73 Å². The first-order chi connectivity index (χ1) is 7.63. The van der Waals surface area contributed by atoms with Crippen LogP contribution in [-0.4, -0.2) is 19.7 Å². The summed E-state index contributed by atoms with van der Waals surface area (Å²) in [7, 11) is 1.39. The first-order valence-corrected chi connectivity index (χ1v) is 5.35. The largest absolute Gasteiger partial charge is 0.452 e. The molecule has 0 spiro atoms. The zero-order valence-electron chi connectivity index (χ0n) is 9.56. The van der Waals surface area contributed by atoms with Crippen molar-refractivity contribution in [1.29, 1.82) is 0 Å². The number of ether oxygens (including phenoxy) is 1. The smallest absolute Gasteiger partial charge is 0.414 e. The molecule has 2 rings (SSSR count). The highest BCUT2D eigenvalue weighted by Gasteiger charge is 2.27. The maximum absolute atomic E-state index is 11.6. The second-order valence-electron chi connectivity index (χ2n) is 4.08. The molecule has 0 fully saturated rings. The van der Waals surface area contributed by atoms with Gasteiger partial charge in [-0.15, -0.1) is 0 Å². The van der Waals surface area contributed by atoms with E-state index in [-0.39, 0.29) is 12.1 Å². The molecule has 4 nitrogen and oxygen atoms in total. The monoisotopic (exact) mass is 220 g/mol. The number of carbonyl (C=O) groups is 1. The highest BCUT2D eigenvalue weighted by atomic mass is 16.5. The zero-order chi connectivity index (χ0) is 11.7. The molecule has 2 N–H and O–H groups in total. The Bertz CT molecular complexity index is 417. The van der Waals surface area contributed by atoms with E-state index in [0.29, 0.717) is 6.54 Å². The topological polar surface area (TPSA) is 55.6 Å². The number of methoxy groups -OCH3 is 1. The Morgan fingerprint density at radius 1 is 1.56 bits per heavy atom. The molecule has 86 valence electrons. The van der Waals surface area contributed by atoms with Crippen molar-refractivity contribution >= 4 is 11.8 Å². The second-order valence-corrected chi connectivity index (χ2v) is 4.08. The van der Waals surface area contributed by atoms with Crippen LogP contribution < -0.4 is 10.6 Å². The van der Waals surface area contributed by atoms with Gasteiger partial charge in [-0.1, -0.05) is 17.7 Å². The van der Waals surface area contributed by atoms with E-state index < -0.39 is 0 Å². The molecule has 1 aromatic carbocycles. The minimum absolute atomic E-state index is 0.0100. The highest BCUT2D eigenvalue weighted by molar-refractivity contribution is 5.89. The van der Waals surface area contributed by atoms with E-state index in [1.165, 1.54) is 7.11 Å². The minimum atomic E-state index is -0.322. The molecule has 0 saturated carbocycles. The lowest BCUT2D eigenvalue weighted by Gasteiger charge is -2.31. The van der Waals surface area contributed by atoms with Gasteiger partial charge >= 0.3 is 6.09 Å². The number of benzene rings is 1. The van der Waals surface area contributed by atoms with Gasteiger partial charge in [0.15, 0.2) is 0 Å². The van der Waals surface area contributed by atoms with Gasteiger partial charge in [-0.3, -0.25) is 4.90 Å². The summed E-state index contributed by atoms with van der Waals surface area (Å²) >= 11 is 0. The normalized spacial score (nSPS) is 19.2. The molecule has 1 aromatic rings. The van der Waals surface area contributed by atoms with Gasteiger partial charge in [-0.05, 0) is 25.0 Å². The number of aryl methyl sites for hydroxylation is 1. The molecule has 0 saturated heterocycles. The molecule has 4 heteroatoms. The lowest BCUT2D eigenvalue weighted by atomic mass is 9.96. The molecule has 1 heterocycles. The number of anilines is 1. The lowest BCUT2D eigenvalue weighted by Crippen LogP contribution is -2.38. The number of nitrogens with two attached hydrogens (primary N) is 1. The predicted molar refractivity (Wildman–Crippen MR) is 62.5 cm³/mol. The third kappa shape index (κ3) is 1.76. The first-order valence-electron chi connectivity index (χ1n) is 5.35. The van der Waals surface area contributed by atoms with Crippen LogP contribution in [0.3, 0.4) is 0 Å². The van der Waals surface area contributed by atoms with E-state index >= 15 is 0 Å². The van der Waals surface area contributed by atoms with E-state index in [0.717, 1.165) is 23.2 Å². The van der Waals surface area contributed by atoms with Crippen molar-refractivity contribution in [2.45, 2.75) is 19.4 Å². The zero-order valence-corrected chi connectivity index (χ0v) is 9.56. The van der Waals surface area contributed by atoms with Crippen LogP contribution in [0.1, 0.15) is 23.6 Å². The van der Waals surface area contributed by atoms with Gasteiger partial charge in [0.1, 0.15) is 0 Å². The SMILES string of the molecule is COC(=O)N1CCC(N)c2cc(C)ccc21. The van der Waals surface area contributed by atoms with Crippen LogP contribution in [0, 0.1) is 6.92 Å². The molecule has 1 amide bonds. The van der Waals surface area contributed by atoms with Crippen LogP contribution in [0.5, 0.6) is 0 Å². The number of hydrogen-bond acceptors (Lipinski definition) is 3. The fourth-order valence-corrected chi connectivity index (χ4v) is 2.06. The maximum atomic E-state index is 11.6. The summed E-state index contributed by atoms with van der Waals surface area (Å²) in [5.41, 5.74) is 9.09. The molecule has 1 atom stereocenters. The summed E-state index contributed by atoms with van der Waals surface area (Å²) in [5.74, 6) is 0. The van der Waals surface area contributed by atoms with Crippen molar-refractivity contribution in [3.63, 3.8) is 0 Å². The fraction of sp³-hybridized carbons (Fsp3) is 0.417. The number of fused-ring (bicyclic) bond motifs is 1. The molecule has 16 heavy (non-hydrogen) atoms. The van der Waals surface area contributed by atoms with Crippen molar-refractivity contribution < 1.29 is 9.53 Å². The molecule has 1 unspecified atom stereocenters. The van der Waals surface area contributed by atoms with Crippen LogP contribution in [0.2, 0.25) is 0 Å². The summed E-state index contributed by atoms with van der Waals surface area (Å²) in [4.78, 5) is 13.2. The predicted octanol–water partition coefficient (Wildman–Crippen LogP) is 1.97. The Hall–Kier alpha value is -1.55. The molecule has 1 aliphatic rings. The van der Waals surface area contributed by atoms with Crippen LogP contribution in [0.25, 0.3) is 0 Å². The van der Waals surface area contributed by atoms with E-state index in [4.69, 9.17) is 10.5 Å². The fourth-order valence-electron chi connectivity index (χ4n) is 2.06. The quantitative estimate of drug-likeness (QED) is 0.727. The van der Waals surface area contributed by atoms with Gasteiger partial charge in [0, 0.05) is 12.6 Å². The lowest BCUT2D eigenvalue weighted by molar-refractivity contribution is 0.178. The van der Waals surface area contributed by atoms with E-state index in [1.807, 2.05) is 25.1 Å². The Morgan fingerprint density at radius 2 is 2.31 bits per heavy atom. The van der Waals surface area contributed by atoms with Gasteiger partial charge in [-0.2, -0.15) is 0 Å². The summed E-state index contributed by atoms with van der Waals surface area (Å²) < 4.78 is 4.76. The van der Waals surface area contributed by atoms with Crippen molar-refractivity contribution in [3.8, 4) is 0 Å². The van der Waals surface area contributed by atoms with Gasteiger partial charge in [0.05, 0.1) is 12.8 Å². The third-order valence-corrected chi connectivity index (χ3v) is 2.93. The second kappa shape index (κ2) is 4.14. The Kier molecular flexibility index (Phi) is 2.83. The summed E-state index contributed by atoms with van der Waals surface area (Å²) in [6, 6.07) is 5.96. The highest BCUT2D eigenvalue weighted by Crippen LogP contribution is 2.33. The standard InChI is InChI=1S/C12H16N2O2/c1-8-3-4-11-9(7-8)10(13)5-6-14(11)12(15)16-2/h3-4,7,10H,5-6,13H2,1-2H3. The molecule has 0 bridgehead atoms. The van der Waals surface area contributed by atoms with Crippen LogP contribution in [0.4, 0.5) is 10.5 Å². The first kappa shape index (κ1) is 11.0. The van der Waals surface area contributed by atoms with E-state index in [9.17, 15) is 4.79 Å². The summed E-state index contributed by atoms with van der Waals surface area (Å²) in [6.07, 6.45) is 0.447.